The second-order valence-corrected chi connectivity index (χ2v) is 7.57. The number of rotatable bonds is 6. The van der Waals surface area contributed by atoms with E-state index in [2.05, 4.69) is 31.0 Å². The van der Waals surface area contributed by atoms with E-state index in [0.717, 1.165) is 18.5 Å². The van der Waals surface area contributed by atoms with Crippen LogP contribution in [0, 0.1) is 20.2 Å². The van der Waals surface area contributed by atoms with Gasteiger partial charge in [0.25, 0.3) is 11.2 Å². The van der Waals surface area contributed by atoms with Crippen molar-refractivity contribution in [2.24, 2.45) is 5.10 Å². The number of fused-ring (bicyclic) bond motifs is 1. The van der Waals surface area contributed by atoms with Gasteiger partial charge in [0, 0.05) is 28.2 Å². The summed E-state index contributed by atoms with van der Waals surface area (Å²) in [7, 11) is 0. The number of ether oxygens (including phenoxy) is 1. The Balaban J connectivity index is 1.82. The molecule has 0 spiro atoms. The van der Waals surface area contributed by atoms with Gasteiger partial charge >= 0.3 is 11.4 Å². The van der Waals surface area contributed by atoms with Crippen molar-refractivity contribution in [1.82, 2.24) is 14.6 Å². The van der Waals surface area contributed by atoms with Crippen molar-refractivity contribution in [3.63, 3.8) is 0 Å². The largest absolute Gasteiger partial charge is 0.431 e. The van der Waals surface area contributed by atoms with Crippen LogP contribution in [0.25, 0.3) is 10.9 Å². The van der Waals surface area contributed by atoms with Gasteiger partial charge in [0.2, 0.25) is 11.6 Å². The topological polar surface area (TPSA) is 176 Å². The minimum Gasteiger partial charge on any atom is -0.431 e. The number of aromatic amines is 1. The van der Waals surface area contributed by atoms with E-state index >= 15 is 0 Å². The van der Waals surface area contributed by atoms with Crippen LogP contribution in [0.1, 0.15) is 5.56 Å². The molecule has 1 N–H and O–H groups in total. The van der Waals surface area contributed by atoms with E-state index in [9.17, 15) is 29.8 Å². The Morgan fingerprint density at radius 3 is 2.53 bits per heavy atom. The number of nitrogens with one attached hydrogen (secondary N) is 1. The number of benzene rings is 2. The molecule has 0 amide bonds. The predicted octanol–water partition coefficient (Wildman–Crippen LogP) is 3.34. The van der Waals surface area contributed by atoms with Crippen molar-refractivity contribution < 1.29 is 14.6 Å². The summed E-state index contributed by atoms with van der Waals surface area (Å²) in [5, 5.41) is 26.6. The Hall–Kier alpha value is -4.72. The molecule has 0 unspecified atom stereocenters. The molecule has 2 aromatic heterocycles. The van der Waals surface area contributed by atoms with Gasteiger partial charge in [-0.1, -0.05) is 28.1 Å². The second kappa shape index (κ2) is 9.03. The summed E-state index contributed by atoms with van der Waals surface area (Å²) in [6.07, 6.45) is 1.98. The fourth-order valence-electron chi connectivity index (χ4n) is 2.97. The lowest BCUT2D eigenvalue weighted by molar-refractivity contribution is -0.385. The highest BCUT2D eigenvalue weighted by Crippen LogP contribution is 2.36. The van der Waals surface area contributed by atoms with E-state index in [1.54, 1.807) is 18.2 Å². The van der Waals surface area contributed by atoms with Crippen molar-refractivity contribution in [3.05, 3.63) is 106 Å². The van der Waals surface area contributed by atoms with Gasteiger partial charge in [-0.2, -0.15) is 5.10 Å². The van der Waals surface area contributed by atoms with Crippen molar-refractivity contribution >= 4 is 44.4 Å². The first-order chi connectivity index (χ1) is 16.2. The Kier molecular flexibility index (Phi) is 5.97. The first-order valence-electron chi connectivity index (χ1n) is 9.29. The normalized spacial score (nSPS) is 11.1. The monoisotopic (exact) mass is 526 g/mol. The van der Waals surface area contributed by atoms with Gasteiger partial charge in [0.15, 0.2) is 0 Å². The van der Waals surface area contributed by atoms with Crippen LogP contribution in [-0.2, 0) is 0 Å². The molecule has 0 saturated heterocycles. The number of aromatic nitrogens is 3. The van der Waals surface area contributed by atoms with Gasteiger partial charge in [0.1, 0.15) is 6.20 Å². The highest BCUT2D eigenvalue weighted by molar-refractivity contribution is 9.10. The Bertz CT molecular complexity index is 1590. The van der Waals surface area contributed by atoms with Gasteiger partial charge < -0.3 is 9.72 Å². The molecule has 13 nitrogen and oxygen atoms in total. The van der Waals surface area contributed by atoms with Crippen molar-refractivity contribution in [3.8, 4) is 11.6 Å². The quantitative estimate of drug-likeness (QED) is 0.226. The molecule has 4 aromatic rings. The molecule has 34 heavy (non-hydrogen) atoms. The van der Waals surface area contributed by atoms with Crippen LogP contribution in [0.2, 0.25) is 0 Å². The second-order valence-electron chi connectivity index (χ2n) is 6.65. The van der Waals surface area contributed by atoms with Gasteiger partial charge in [-0.25, -0.2) is 9.78 Å². The smallest absolute Gasteiger partial charge is 0.349 e. The summed E-state index contributed by atoms with van der Waals surface area (Å²) in [4.78, 5) is 52.4. The summed E-state index contributed by atoms with van der Waals surface area (Å²) in [6, 6.07) is 11.2. The summed E-state index contributed by atoms with van der Waals surface area (Å²) in [5.41, 5.74) is -1.93. The zero-order chi connectivity index (χ0) is 24.4. The third-order valence-electron chi connectivity index (χ3n) is 4.49. The summed E-state index contributed by atoms with van der Waals surface area (Å²) in [5.74, 6) is -0.463. The van der Waals surface area contributed by atoms with Crippen LogP contribution in [0.4, 0.5) is 11.4 Å². The van der Waals surface area contributed by atoms with Gasteiger partial charge in [0.05, 0.1) is 27.0 Å². The van der Waals surface area contributed by atoms with E-state index < -0.39 is 26.8 Å². The Labute approximate surface area is 196 Å². The lowest BCUT2D eigenvalue weighted by Gasteiger charge is -2.09. The number of halogens is 1. The van der Waals surface area contributed by atoms with E-state index in [1.165, 1.54) is 24.3 Å². The number of pyridine rings is 1. The molecule has 0 aliphatic rings. The lowest BCUT2D eigenvalue weighted by atomic mass is 10.2. The summed E-state index contributed by atoms with van der Waals surface area (Å²) in [6.45, 7) is 0. The molecule has 0 aliphatic heterocycles. The van der Waals surface area contributed by atoms with Crippen LogP contribution in [0.15, 0.2) is 73.9 Å². The zero-order valence-corrected chi connectivity index (χ0v) is 18.3. The highest BCUT2D eigenvalue weighted by Gasteiger charge is 2.22. The van der Waals surface area contributed by atoms with Crippen LogP contribution in [0.3, 0.4) is 0 Å². The lowest BCUT2D eigenvalue weighted by Crippen LogP contribution is -2.32. The van der Waals surface area contributed by atoms with E-state index in [4.69, 9.17) is 4.74 Å². The SMILES string of the molecule is O=c1[nH]c2ccccc2c(=O)n1N=Cc1cc(Br)cc([N+](=O)[O-])c1Oc1ccc([N+](=O)[O-])cn1. The Morgan fingerprint density at radius 2 is 1.85 bits per heavy atom. The average molecular weight is 527 g/mol. The molecule has 14 heteroatoms. The fraction of sp³-hybridized carbons (Fsp3) is 0. The van der Waals surface area contributed by atoms with Gasteiger partial charge in [-0.15, -0.1) is 4.68 Å². The van der Waals surface area contributed by atoms with Crippen LogP contribution < -0.4 is 16.0 Å². The molecule has 2 aromatic carbocycles. The third kappa shape index (κ3) is 4.42. The van der Waals surface area contributed by atoms with Gasteiger partial charge in [-0.05, 0) is 18.2 Å². The molecule has 0 saturated carbocycles. The summed E-state index contributed by atoms with van der Waals surface area (Å²) >= 11 is 3.17. The minimum atomic E-state index is -0.816. The summed E-state index contributed by atoms with van der Waals surface area (Å²) < 4.78 is 6.42. The molecular formula is C20H11BrN6O7. The first-order valence-corrected chi connectivity index (χ1v) is 10.1. The maximum Gasteiger partial charge on any atom is 0.349 e. The molecule has 0 fully saturated rings. The number of para-hydroxylation sites is 1. The number of hydrogen-bond donors (Lipinski definition) is 1. The standard InChI is InChI=1S/C20H11BrN6O7/c21-12-7-11(9-23-25-19(28)14-3-1-2-4-15(14)24-20(25)29)18(16(8-12)27(32)33)34-17-6-5-13(10-22-17)26(30)31/h1-10H,(H,24,29). The number of hydrogen-bond acceptors (Lipinski definition) is 9. The molecule has 2 heterocycles. The number of H-pyrrole nitrogens is 1. The minimum absolute atomic E-state index is 0.0284. The van der Waals surface area contributed by atoms with E-state index in [1.807, 2.05) is 0 Å². The number of nitro groups is 2. The molecule has 0 atom stereocenters. The molecule has 0 aliphatic carbocycles. The third-order valence-corrected chi connectivity index (χ3v) is 4.95. The van der Waals surface area contributed by atoms with Crippen molar-refractivity contribution in [2.75, 3.05) is 0 Å². The molecule has 4 rings (SSSR count). The first kappa shape index (κ1) is 22.5. The van der Waals surface area contributed by atoms with Crippen LogP contribution >= 0.6 is 15.9 Å². The molecular weight excluding hydrogens is 516 g/mol. The average Bonchev–Trinajstić information content (AvgIpc) is 2.80. The zero-order valence-electron chi connectivity index (χ0n) is 16.7. The van der Waals surface area contributed by atoms with Crippen LogP contribution in [-0.4, -0.2) is 30.7 Å². The fourth-order valence-corrected chi connectivity index (χ4v) is 3.43. The van der Waals surface area contributed by atoms with E-state index in [0.29, 0.717) is 14.7 Å². The van der Waals surface area contributed by atoms with Crippen molar-refractivity contribution in [1.29, 1.82) is 0 Å². The van der Waals surface area contributed by atoms with Crippen LogP contribution in [0.5, 0.6) is 11.6 Å². The highest BCUT2D eigenvalue weighted by atomic mass is 79.9. The maximum atomic E-state index is 12.7. The maximum absolute atomic E-state index is 12.7. The molecule has 0 radical (unpaired) electrons. The van der Waals surface area contributed by atoms with Crippen molar-refractivity contribution in [2.45, 2.75) is 0 Å². The van der Waals surface area contributed by atoms with Gasteiger partial charge in [-0.3, -0.25) is 25.0 Å². The number of nitro benzene ring substituents is 1. The predicted molar refractivity (Wildman–Crippen MR) is 124 cm³/mol. The molecule has 0 bridgehead atoms. The molecule has 170 valence electrons. The Morgan fingerprint density at radius 1 is 1.09 bits per heavy atom. The van der Waals surface area contributed by atoms with E-state index in [-0.39, 0.29) is 28.3 Å². The number of nitrogens with zero attached hydrogens (tertiary/aromatic N) is 5.